The number of aromatic nitrogens is 1. The highest BCUT2D eigenvalue weighted by Gasteiger charge is 2.37. The summed E-state index contributed by atoms with van der Waals surface area (Å²) < 4.78 is 0. The van der Waals surface area contributed by atoms with E-state index in [1.807, 2.05) is 47.1 Å². The first-order chi connectivity index (χ1) is 15.6. The van der Waals surface area contributed by atoms with Gasteiger partial charge in [-0.15, -0.1) is 11.3 Å². The van der Waals surface area contributed by atoms with Crippen molar-refractivity contribution in [1.29, 1.82) is 0 Å². The van der Waals surface area contributed by atoms with E-state index in [2.05, 4.69) is 28.1 Å². The molecule has 0 aliphatic carbocycles. The summed E-state index contributed by atoms with van der Waals surface area (Å²) in [4.78, 5) is 36.0. The Labute approximate surface area is 192 Å². The second-order valence-electron chi connectivity index (χ2n) is 8.41. The number of piperazine rings is 1. The van der Waals surface area contributed by atoms with Gasteiger partial charge in [-0.2, -0.15) is 0 Å². The third kappa shape index (κ3) is 3.94. The van der Waals surface area contributed by atoms with Gasteiger partial charge in [-0.3, -0.25) is 14.5 Å². The van der Waals surface area contributed by atoms with Gasteiger partial charge in [0.1, 0.15) is 5.69 Å². The van der Waals surface area contributed by atoms with E-state index in [1.165, 1.54) is 11.3 Å². The molecule has 0 N–H and O–H groups in total. The maximum absolute atomic E-state index is 13.2. The lowest BCUT2D eigenvalue weighted by molar-refractivity contribution is 0.00840. The van der Waals surface area contributed by atoms with Gasteiger partial charge < -0.3 is 9.80 Å². The summed E-state index contributed by atoms with van der Waals surface area (Å²) in [6, 6.07) is 16.5. The third-order valence-corrected chi connectivity index (χ3v) is 7.15. The predicted molar refractivity (Wildman–Crippen MR) is 126 cm³/mol. The molecule has 3 aromatic rings. The molecule has 0 saturated carbocycles. The number of rotatable bonds is 4. The molecule has 2 amide bonds. The van der Waals surface area contributed by atoms with Gasteiger partial charge in [0.15, 0.2) is 0 Å². The quantitative estimate of drug-likeness (QED) is 0.616. The number of carbonyl (C=O) groups is 2. The van der Waals surface area contributed by atoms with Gasteiger partial charge in [-0.05, 0) is 29.7 Å². The zero-order valence-electron chi connectivity index (χ0n) is 18.1. The van der Waals surface area contributed by atoms with E-state index in [0.29, 0.717) is 24.8 Å². The van der Waals surface area contributed by atoms with Gasteiger partial charge in [0.25, 0.3) is 11.8 Å². The molecule has 7 heteroatoms. The molecule has 0 spiro atoms. The van der Waals surface area contributed by atoms with E-state index in [9.17, 15) is 9.59 Å². The summed E-state index contributed by atoms with van der Waals surface area (Å²) in [7, 11) is 0. The largest absolute Gasteiger partial charge is 0.335 e. The van der Waals surface area contributed by atoms with Gasteiger partial charge in [-0.1, -0.05) is 42.5 Å². The number of nitrogens with zero attached hydrogens (tertiary/aromatic N) is 4. The normalized spacial score (nSPS) is 17.3. The van der Waals surface area contributed by atoms with E-state index >= 15 is 0 Å². The van der Waals surface area contributed by atoms with Crippen LogP contribution in [-0.2, 0) is 0 Å². The molecule has 0 atom stereocenters. The van der Waals surface area contributed by atoms with Crippen LogP contribution in [0.2, 0.25) is 0 Å². The SMILES string of the molecule is Cc1c(C(=O)N2CC(N3CCN(C(=O)c4cscn4)CC3)C2)cccc1-c1ccccc1. The van der Waals surface area contributed by atoms with Crippen LogP contribution in [-0.4, -0.2) is 76.8 Å². The van der Waals surface area contributed by atoms with E-state index in [4.69, 9.17) is 0 Å². The van der Waals surface area contributed by atoms with Gasteiger partial charge >= 0.3 is 0 Å². The number of amides is 2. The first-order valence-electron chi connectivity index (χ1n) is 11.0. The average molecular weight is 447 g/mol. The molecule has 0 bridgehead atoms. The molecule has 3 heterocycles. The van der Waals surface area contributed by atoms with Gasteiger partial charge in [0.2, 0.25) is 0 Å². The Bertz CT molecular complexity index is 1100. The zero-order valence-corrected chi connectivity index (χ0v) is 18.9. The Balaban J connectivity index is 1.18. The Hall–Kier alpha value is -3.03. The van der Waals surface area contributed by atoms with Crippen LogP contribution in [0, 0.1) is 6.92 Å². The summed E-state index contributed by atoms with van der Waals surface area (Å²) in [5.74, 6) is 0.124. The molecule has 2 saturated heterocycles. The monoisotopic (exact) mass is 446 g/mol. The van der Waals surface area contributed by atoms with Crippen molar-refractivity contribution in [2.75, 3.05) is 39.3 Å². The van der Waals surface area contributed by atoms with Crippen LogP contribution in [0.5, 0.6) is 0 Å². The second kappa shape index (κ2) is 8.84. The fraction of sp³-hybridized carbons (Fsp3) is 0.320. The first kappa shape index (κ1) is 20.8. The molecule has 0 unspecified atom stereocenters. The van der Waals surface area contributed by atoms with Crippen molar-refractivity contribution < 1.29 is 9.59 Å². The minimum atomic E-state index is 0.0186. The van der Waals surface area contributed by atoms with Crippen molar-refractivity contribution in [2.45, 2.75) is 13.0 Å². The fourth-order valence-electron chi connectivity index (χ4n) is 4.59. The molecular weight excluding hydrogens is 420 g/mol. The Morgan fingerprint density at radius 3 is 2.34 bits per heavy atom. The minimum absolute atomic E-state index is 0.0186. The summed E-state index contributed by atoms with van der Waals surface area (Å²) in [5.41, 5.74) is 6.28. The summed E-state index contributed by atoms with van der Waals surface area (Å²) in [6.45, 7) is 6.61. The van der Waals surface area contributed by atoms with Crippen molar-refractivity contribution in [2.24, 2.45) is 0 Å². The first-order valence-corrected chi connectivity index (χ1v) is 11.9. The number of hydrogen-bond acceptors (Lipinski definition) is 5. The van der Waals surface area contributed by atoms with Gasteiger partial charge in [0, 0.05) is 56.3 Å². The highest BCUT2D eigenvalue weighted by atomic mass is 32.1. The van der Waals surface area contributed by atoms with Gasteiger partial charge in [0.05, 0.1) is 5.51 Å². The Kier molecular flexibility index (Phi) is 5.76. The molecule has 2 aliphatic rings. The molecule has 0 radical (unpaired) electrons. The smallest absolute Gasteiger partial charge is 0.273 e. The molecule has 2 aliphatic heterocycles. The molecule has 2 fully saturated rings. The Morgan fingerprint density at radius 2 is 1.66 bits per heavy atom. The van der Waals surface area contributed by atoms with Gasteiger partial charge in [-0.25, -0.2) is 4.98 Å². The lowest BCUT2D eigenvalue weighted by Gasteiger charge is -2.48. The van der Waals surface area contributed by atoms with Crippen LogP contribution in [0.3, 0.4) is 0 Å². The van der Waals surface area contributed by atoms with Crippen LogP contribution in [0.1, 0.15) is 26.4 Å². The fourth-order valence-corrected chi connectivity index (χ4v) is 5.12. The highest BCUT2D eigenvalue weighted by molar-refractivity contribution is 7.07. The average Bonchev–Trinajstić information content (AvgIpc) is 3.34. The van der Waals surface area contributed by atoms with Crippen molar-refractivity contribution in [3.63, 3.8) is 0 Å². The maximum Gasteiger partial charge on any atom is 0.273 e. The third-order valence-electron chi connectivity index (χ3n) is 6.57. The number of carbonyl (C=O) groups excluding carboxylic acids is 2. The van der Waals surface area contributed by atoms with Crippen LogP contribution in [0.15, 0.2) is 59.4 Å². The molecule has 164 valence electrons. The van der Waals surface area contributed by atoms with E-state index in [1.54, 1.807) is 10.9 Å². The maximum atomic E-state index is 13.2. The topological polar surface area (TPSA) is 56.8 Å². The standard InChI is InChI=1S/C25H26N4O2S/c1-18-21(19-6-3-2-4-7-19)8-5-9-22(18)24(30)29-14-20(15-29)27-10-12-28(13-11-27)25(31)23-16-32-17-26-23/h2-9,16-17,20H,10-15H2,1H3. The number of hydrogen-bond donors (Lipinski definition) is 0. The number of benzene rings is 2. The second-order valence-corrected chi connectivity index (χ2v) is 9.13. The van der Waals surface area contributed by atoms with Crippen molar-refractivity contribution in [3.8, 4) is 11.1 Å². The lowest BCUT2D eigenvalue weighted by atomic mass is 9.94. The van der Waals surface area contributed by atoms with Crippen molar-refractivity contribution in [1.82, 2.24) is 19.7 Å². The molecule has 6 nitrogen and oxygen atoms in total. The summed E-state index contributed by atoms with van der Waals surface area (Å²) in [6.07, 6.45) is 0. The molecular formula is C25H26N4O2S. The van der Waals surface area contributed by atoms with Crippen LogP contribution in [0.25, 0.3) is 11.1 Å². The predicted octanol–water partition coefficient (Wildman–Crippen LogP) is 3.40. The molecule has 2 aromatic carbocycles. The Morgan fingerprint density at radius 1 is 0.906 bits per heavy atom. The number of likely N-dealkylation sites (tertiary alicyclic amines) is 1. The van der Waals surface area contributed by atoms with Crippen molar-refractivity contribution in [3.05, 3.63) is 76.2 Å². The minimum Gasteiger partial charge on any atom is -0.335 e. The summed E-state index contributed by atoms with van der Waals surface area (Å²) in [5, 5.41) is 1.80. The zero-order chi connectivity index (χ0) is 22.1. The molecule has 1 aromatic heterocycles. The molecule has 5 rings (SSSR count). The van der Waals surface area contributed by atoms with E-state index in [0.717, 1.165) is 48.4 Å². The van der Waals surface area contributed by atoms with E-state index in [-0.39, 0.29) is 11.8 Å². The summed E-state index contributed by atoms with van der Waals surface area (Å²) >= 11 is 1.45. The highest BCUT2D eigenvalue weighted by Crippen LogP contribution is 2.28. The van der Waals surface area contributed by atoms with E-state index < -0.39 is 0 Å². The number of thiazole rings is 1. The lowest BCUT2D eigenvalue weighted by Crippen LogP contribution is -2.64. The van der Waals surface area contributed by atoms with Crippen LogP contribution in [0.4, 0.5) is 0 Å². The van der Waals surface area contributed by atoms with Crippen LogP contribution < -0.4 is 0 Å². The molecule has 32 heavy (non-hydrogen) atoms. The van der Waals surface area contributed by atoms with Crippen molar-refractivity contribution >= 4 is 23.2 Å². The van der Waals surface area contributed by atoms with Crippen LogP contribution >= 0.6 is 11.3 Å².